The van der Waals surface area contributed by atoms with Crippen LogP contribution in [0, 0.1) is 6.92 Å². The Labute approximate surface area is 168 Å². The molecule has 2 aromatic heterocycles. The molecule has 2 heterocycles. The molecule has 0 saturated heterocycles. The lowest BCUT2D eigenvalue weighted by molar-refractivity contribution is -0.659. The second-order valence-corrected chi connectivity index (χ2v) is 7.74. The Balaban J connectivity index is 1.72. The minimum Gasteiger partial charge on any atom is -0.455 e. The molecule has 29 heavy (non-hydrogen) atoms. The first-order valence-corrected chi connectivity index (χ1v) is 9.94. The van der Waals surface area contributed by atoms with Crippen LogP contribution in [-0.2, 0) is 7.05 Å². The van der Waals surface area contributed by atoms with Crippen molar-refractivity contribution in [2.24, 2.45) is 7.05 Å². The Morgan fingerprint density at radius 3 is 2.10 bits per heavy atom. The van der Waals surface area contributed by atoms with Gasteiger partial charge in [-0.3, -0.25) is 0 Å². The quantitative estimate of drug-likeness (QED) is 0.293. The van der Waals surface area contributed by atoms with Gasteiger partial charge < -0.3 is 4.42 Å². The molecule has 6 aromatic rings. The smallest absolute Gasteiger partial charge is 0.220 e. The third-order valence-corrected chi connectivity index (χ3v) is 6.08. The second-order valence-electron chi connectivity index (χ2n) is 7.74. The normalized spacial score (nSPS) is 11.8. The Bertz CT molecular complexity index is 1570. The van der Waals surface area contributed by atoms with E-state index in [1.165, 1.54) is 43.8 Å². The first-order chi connectivity index (χ1) is 14.2. The van der Waals surface area contributed by atoms with Gasteiger partial charge in [-0.05, 0) is 42.0 Å². The van der Waals surface area contributed by atoms with Crippen LogP contribution in [0.4, 0.5) is 0 Å². The average Bonchev–Trinajstić information content (AvgIpc) is 3.15. The van der Waals surface area contributed by atoms with Crippen LogP contribution in [0.2, 0.25) is 0 Å². The van der Waals surface area contributed by atoms with Crippen molar-refractivity contribution in [2.75, 3.05) is 0 Å². The fraction of sp³-hybridized carbons (Fsp3) is 0.0741. The maximum atomic E-state index is 6.50. The van der Waals surface area contributed by atoms with Gasteiger partial charge in [0.25, 0.3) is 0 Å². The van der Waals surface area contributed by atoms with E-state index in [2.05, 4.69) is 104 Å². The molecule has 0 radical (unpaired) electrons. The van der Waals surface area contributed by atoms with Crippen LogP contribution in [0.15, 0.2) is 89.5 Å². The molecule has 6 rings (SSSR count). The van der Waals surface area contributed by atoms with E-state index in [-0.39, 0.29) is 0 Å². The Morgan fingerprint density at radius 2 is 1.28 bits per heavy atom. The van der Waals surface area contributed by atoms with Crippen molar-refractivity contribution in [3.8, 4) is 11.3 Å². The highest BCUT2D eigenvalue weighted by Crippen LogP contribution is 2.39. The number of fused-ring (bicyclic) bond motifs is 6. The number of rotatable bonds is 1. The molecule has 0 unspecified atom stereocenters. The lowest BCUT2D eigenvalue weighted by atomic mass is 9.97. The minimum atomic E-state index is 0.973. The van der Waals surface area contributed by atoms with Gasteiger partial charge >= 0.3 is 0 Å². The Kier molecular flexibility index (Phi) is 3.33. The summed E-state index contributed by atoms with van der Waals surface area (Å²) in [5, 5.41) is 7.22. The van der Waals surface area contributed by atoms with Crippen LogP contribution in [0.5, 0.6) is 0 Å². The molecule has 0 amide bonds. The summed E-state index contributed by atoms with van der Waals surface area (Å²) in [7, 11) is 2.11. The largest absolute Gasteiger partial charge is 0.455 e. The molecule has 4 aromatic carbocycles. The SMILES string of the molecule is Cc1c(-c2c3ccccc3cc[n+]2C)ccc2c1oc1c3ccccc3ccc21. The van der Waals surface area contributed by atoms with E-state index in [0.29, 0.717) is 0 Å². The van der Waals surface area contributed by atoms with Crippen LogP contribution in [0.3, 0.4) is 0 Å². The van der Waals surface area contributed by atoms with Crippen molar-refractivity contribution in [2.45, 2.75) is 6.92 Å². The Morgan fingerprint density at radius 1 is 0.621 bits per heavy atom. The van der Waals surface area contributed by atoms with Crippen molar-refractivity contribution in [1.82, 2.24) is 0 Å². The predicted molar refractivity (Wildman–Crippen MR) is 120 cm³/mol. The van der Waals surface area contributed by atoms with Gasteiger partial charge in [0.2, 0.25) is 5.69 Å². The molecule has 0 N–H and O–H groups in total. The van der Waals surface area contributed by atoms with Gasteiger partial charge in [0.05, 0.1) is 10.9 Å². The van der Waals surface area contributed by atoms with Crippen molar-refractivity contribution in [1.29, 1.82) is 0 Å². The summed E-state index contributed by atoms with van der Waals surface area (Å²) in [5.74, 6) is 0. The van der Waals surface area contributed by atoms with Gasteiger partial charge in [-0.1, -0.05) is 48.5 Å². The number of hydrogen-bond acceptors (Lipinski definition) is 1. The van der Waals surface area contributed by atoms with Gasteiger partial charge in [0, 0.05) is 27.8 Å². The van der Waals surface area contributed by atoms with E-state index in [0.717, 1.165) is 16.6 Å². The molecule has 0 aliphatic rings. The van der Waals surface area contributed by atoms with Crippen LogP contribution >= 0.6 is 0 Å². The summed E-state index contributed by atoms with van der Waals surface area (Å²) in [6, 6.07) is 28.0. The summed E-state index contributed by atoms with van der Waals surface area (Å²) in [6.07, 6.45) is 2.13. The standard InChI is InChI=1S/C27H20NO/c1-17-20(25-21-9-5-3-8-19(21)15-16-28(25)2)13-14-23-24-12-11-18-7-4-6-10-22(18)27(24)29-26(17)23/h3-16H,1-2H3/q+1. The zero-order valence-corrected chi connectivity index (χ0v) is 16.4. The molecular formula is C27H20NO+. The highest BCUT2D eigenvalue weighted by atomic mass is 16.3. The van der Waals surface area contributed by atoms with Gasteiger partial charge in [-0.15, -0.1) is 0 Å². The second kappa shape index (κ2) is 5.92. The number of furan rings is 1. The summed E-state index contributed by atoms with van der Waals surface area (Å²) >= 11 is 0. The monoisotopic (exact) mass is 374 g/mol. The van der Waals surface area contributed by atoms with Crippen LogP contribution in [-0.4, -0.2) is 0 Å². The summed E-state index contributed by atoms with van der Waals surface area (Å²) < 4.78 is 8.70. The van der Waals surface area contributed by atoms with Crippen LogP contribution < -0.4 is 4.57 Å². The highest BCUT2D eigenvalue weighted by Gasteiger charge is 2.21. The number of benzene rings is 4. The van der Waals surface area contributed by atoms with E-state index in [9.17, 15) is 0 Å². The van der Waals surface area contributed by atoms with Crippen molar-refractivity contribution < 1.29 is 8.98 Å². The number of nitrogens with zero attached hydrogens (tertiary/aromatic N) is 1. The van der Waals surface area contributed by atoms with E-state index in [4.69, 9.17) is 4.42 Å². The highest BCUT2D eigenvalue weighted by molar-refractivity contribution is 6.16. The number of aryl methyl sites for hydroxylation is 2. The zero-order chi connectivity index (χ0) is 19.5. The van der Waals surface area contributed by atoms with E-state index < -0.39 is 0 Å². The van der Waals surface area contributed by atoms with Crippen molar-refractivity contribution in [3.05, 3.63) is 90.6 Å². The van der Waals surface area contributed by atoms with Crippen molar-refractivity contribution >= 4 is 43.5 Å². The third-order valence-electron chi connectivity index (χ3n) is 6.08. The van der Waals surface area contributed by atoms with Gasteiger partial charge in [-0.25, -0.2) is 4.57 Å². The maximum absolute atomic E-state index is 6.50. The fourth-order valence-corrected chi connectivity index (χ4v) is 4.61. The Hall–Kier alpha value is -3.65. The number of pyridine rings is 1. The molecular weight excluding hydrogens is 354 g/mol. The van der Waals surface area contributed by atoms with E-state index in [1.54, 1.807) is 0 Å². The number of aromatic nitrogens is 1. The van der Waals surface area contributed by atoms with E-state index in [1.807, 2.05) is 0 Å². The molecule has 138 valence electrons. The summed E-state index contributed by atoms with van der Waals surface area (Å²) in [6.45, 7) is 2.17. The van der Waals surface area contributed by atoms with Crippen LogP contribution in [0.25, 0.3) is 54.7 Å². The van der Waals surface area contributed by atoms with Gasteiger partial charge in [0.1, 0.15) is 18.2 Å². The lowest BCUT2D eigenvalue weighted by Gasteiger charge is -2.08. The first-order valence-electron chi connectivity index (χ1n) is 9.94. The molecule has 0 aliphatic heterocycles. The van der Waals surface area contributed by atoms with E-state index >= 15 is 0 Å². The summed E-state index contributed by atoms with van der Waals surface area (Å²) in [4.78, 5) is 0. The lowest BCUT2D eigenvalue weighted by Crippen LogP contribution is -2.30. The van der Waals surface area contributed by atoms with Crippen LogP contribution in [0.1, 0.15) is 5.56 Å². The molecule has 2 nitrogen and oxygen atoms in total. The van der Waals surface area contributed by atoms with Gasteiger partial charge in [0.15, 0.2) is 6.20 Å². The third kappa shape index (κ3) is 2.26. The molecule has 0 atom stereocenters. The minimum absolute atomic E-state index is 0.973. The zero-order valence-electron chi connectivity index (χ0n) is 16.4. The topological polar surface area (TPSA) is 17.0 Å². The maximum Gasteiger partial charge on any atom is 0.220 e. The molecule has 0 spiro atoms. The van der Waals surface area contributed by atoms with Gasteiger partial charge in [-0.2, -0.15) is 0 Å². The summed E-state index contributed by atoms with van der Waals surface area (Å²) in [5.41, 5.74) is 5.55. The average molecular weight is 374 g/mol. The number of hydrogen-bond donors (Lipinski definition) is 0. The molecule has 0 aliphatic carbocycles. The molecule has 0 bridgehead atoms. The molecule has 2 heteroatoms. The molecule has 0 fully saturated rings. The predicted octanol–water partition coefficient (Wildman–Crippen LogP) is 6.69. The van der Waals surface area contributed by atoms with Crippen molar-refractivity contribution in [3.63, 3.8) is 0 Å². The molecule has 0 saturated carbocycles. The fourth-order valence-electron chi connectivity index (χ4n) is 4.61. The first kappa shape index (κ1) is 16.3.